The van der Waals surface area contributed by atoms with Gasteiger partial charge in [0.1, 0.15) is 15.3 Å². The number of hydrogen-bond donors (Lipinski definition) is 2. The van der Waals surface area contributed by atoms with E-state index in [2.05, 4.69) is 42.1 Å². The van der Waals surface area contributed by atoms with Gasteiger partial charge in [0.15, 0.2) is 0 Å². The van der Waals surface area contributed by atoms with Gasteiger partial charge in [-0.15, -0.1) is 4.72 Å². The van der Waals surface area contributed by atoms with Gasteiger partial charge in [0.05, 0.1) is 28.8 Å². The second kappa shape index (κ2) is 15.1. The fraction of sp³-hybridized carbons (Fsp3) is 0.688. The highest BCUT2D eigenvalue weighted by Crippen LogP contribution is 2.41. The lowest BCUT2D eigenvalue weighted by Gasteiger charge is -2.37. The number of pyridine rings is 2. The Kier molecular flexibility index (Phi) is 12.2. The molecule has 0 spiro atoms. The van der Waals surface area contributed by atoms with E-state index < -0.39 is 40.5 Å². The van der Waals surface area contributed by atoms with Gasteiger partial charge in [-0.25, -0.2) is 14.0 Å². The van der Waals surface area contributed by atoms with E-state index in [4.69, 9.17) is 19.0 Å². The Hall–Kier alpha value is -1.86. The summed E-state index contributed by atoms with van der Waals surface area (Å²) in [6.45, 7) is 22.5. The van der Waals surface area contributed by atoms with Crippen molar-refractivity contribution in [3.8, 4) is 11.8 Å². The molecule has 0 aromatic carbocycles. The number of aromatic nitrogens is 2. The molecule has 0 radical (unpaired) electrons. The van der Waals surface area contributed by atoms with Crippen LogP contribution >= 0.6 is 8.25 Å². The lowest BCUT2D eigenvalue weighted by Crippen LogP contribution is -2.51. The lowest BCUT2D eigenvalue weighted by atomic mass is 9.88. The predicted molar refractivity (Wildman–Crippen MR) is 188 cm³/mol. The third-order valence-electron chi connectivity index (χ3n) is 7.73. The molecule has 256 valence electrons. The van der Waals surface area contributed by atoms with Gasteiger partial charge in [0.2, 0.25) is 0 Å². The number of fused-ring (bicyclic) bond motifs is 2. The van der Waals surface area contributed by atoms with Gasteiger partial charge in [0.25, 0.3) is 11.8 Å². The topological polar surface area (TPSA) is 138 Å². The molecule has 5 atom stereocenters. The predicted octanol–water partition coefficient (Wildman–Crippen LogP) is 6.86. The third-order valence-corrected chi connectivity index (χ3v) is 11.5. The molecule has 0 saturated carbocycles. The second-order valence-corrected chi connectivity index (χ2v) is 19.7. The van der Waals surface area contributed by atoms with Crippen molar-refractivity contribution in [1.29, 1.82) is 0 Å². The first-order valence-electron chi connectivity index (χ1n) is 16.2. The summed E-state index contributed by atoms with van der Waals surface area (Å²) in [6, 6.07) is 6.99. The molecular weight excluding hydrogens is 643 g/mol. The van der Waals surface area contributed by atoms with Crippen molar-refractivity contribution in [2.75, 3.05) is 29.5 Å². The molecule has 2 aromatic heterocycles. The van der Waals surface area contributed by atoms with Crippen LogP contribution in [0.1, 0.15) is 112 Å². The number of rotatable bonds is 12. The molecular formula is C32H52N6O5PS2+. The van der Waals surface area contributed by atoms with Gasteiger partial charge >= 0.3 is 8.25 Å². The highest BCUT2D eigenvalue weighted by Gasteiger charge is 2.37. The summed E-state index contributed by atoms with van der Waals surface area (Å²) in [4.78, 5) is 14.9. The van der Waals surface area contributed by atoms with E-state index in [1.165, 1.54) is 0 Å². The molecule has 46 heavy (non-hydrogen) atoms. The van der Waals surface area contributed by atoms with E-state index in [0.717, 1.165) is 55.1 Å². The van der Waals surface area contributed by atoms with E-state index in [-0.39, 0.29) is 23.7 Å². The van der Waals surface area contributed by atoms with Crippen LogP contribution in [0.2, 0.25) is 0 Å². The molecule has 0 bridgehead atoms. The first kappa shape index (κ1) is 37.0. The van der Waals surface area contributed by atoms with Gasteiger partial charge in [0, 0.05) is 59.2 Å². The van der Waals surface area contributed by atoms with Gasteiger partial charge in [-0.05, 0) is 89.6 Å². The SMILES string of the molecule is CC(C)CC1CCN(N[S+]([O-])C(C)(C)C)c2ccc(O[P+](=O)Oc3ccc4c(n3)N(CC(C)C)CCC4N[S+]([O-])C(C)(C)C)nc21. The third kappa shape index (κ3) is 9.61. The van der Waals surface area contributed by atoms with Crippen LogP contribution in [0, 0.1) is 11.8 Å². The number of nitrogens with one attached hydrogen (secondary N) is 2. The summed E-state index contributed by atoms with van der Waals surface area (Å²) in [7, 11) is -2.64. The van der Waals surface area contributed by atoms with Gasteiger partial charge < -0.3 is 14.0 Å². The molecule has 0 fully saturated rings. The van der Waals surface area contributed by atoms with Crippen LogP contribution in [-0.2, 0) is 27.3 Å². The molecule has 14 heteroatoms. The van der Waals surface area contributed by atoms with Crippen LogP contribution in [0.15, 0.2) is 24.3 Å². The zero-order valence-corrected chi connectivity index (χ0v) is 31.5. The van der Waals surface area contributed by atoms with Crippen molar-refractivity contribution >= 4 is 42.5 Å². The average molecular weight is 696 g/mol. The van der Waals surface area contributed by atoms with E-state index in [9.17, 15) is 13.7 Å². The van der Waals surface area contributed by atoms with Gasteiger partial charge in [-0.1, -0.05) is 27.7 Å². The van der Waals surface area contributed by atoms with E-state index in [1.54, 1.807) is 12.1 Å². The van der Waals surface area contributed by atoms with Crippen LogP contribution in [0.25, 0.3) is 0 Å². The fourth-order valence-electron chi connectivity index (χ4n) is 5.48. The summed E-state index contributed by atoms with van der Waals surface area (Å²) in [5, 5.41) is 1.90. The Morgan fingerprint density at radius 3 is 2.15 bits per heavy atom. The smallest absolute Gasteiger partial charge is 0.598 e. The molecule has 4 rings (SSSR count). The van der Waals surface area contributed by atoms with Crippen molar-refractivity contribution in [3.63, 3.8) is 0 Å². The number of hydrazine groups is 1. The van der Waals surface area contributed by atoms with Crippen LogP contribution in [0.5, 0.6) is 11.8 Å². The normalized spacial score (nSPS) is 20.3. The quantitative estimate of drug-likeness (QED) is 0.178. The Morgan fingerprint density at radius 1 is 0.913 bits per heavy atom. The first-order chi connectivity index (χ1) is 21.4. The maximum absolute atomic E-state index is 13.2. The van der Waals surface area contributed by atoms with E-state index >= 15 is 0 Å². The van der Waals surface area contributed by atoms with Crippen molar-refractivity contribution < 1.29 is 22.7 Å². The fourth-order valence-corrected chi connectivity index (χ4v) is 7.55. The molecule has 0 amide bonds. The molecule has 2 N–H and O–H groups in total. The summed E-state index contributed by atoms with van der Waals surface area (Å²) in [5.74, 6) is 2.15. The molecule has 0 aliphatic carbocycles. The summed E-state index contributed by atoms with van der Waals surface area (Å²) >= 11 is -2.54. The average Bonchev–Trinajstić information content (AvgIpc) is 2.94. The zero-order chi connectivity index (χ0) is 34.0. The van der Waals surface area contributed by atoms with Crippen LogP contribution < -0.4 is 28.5 Å². The van der Waals surface area contributed by atoms with Crippen LogP contribution in [-0.4, -0.2) is 48.2 Å². The number of nitrogens with zero attached hydrogens (tertiary/aromatic N) is 4. The minimum absolute atomic E-state index is 0.126. The molecule has 0 saturated heterocycles. The monoisotopic (exact) mass is 695 g/mol. The van der Waals surface area contributed by atoms with E-state index in [0.29, 0.717) is 18.4 Å². The molecule has 11 nitrogen and oxygen atoms in total. The maximum atomic E-state index is 13.2. The number of anilines is 2. The van der Waals surface area contributed by atoms with Crippen molar-refractivity contribution in [1.82, 2.24) is 19.5 Å². The number of hydrogen-bond acceptors (Lipinski definition) is 11. The maximum Gasteiger partial charge on any atom is 0.808 e. The highest BCUT2D eigenvalue weighted by molar-refractivity contribution is 7.91. The Balaban J connectivity index is 1.53. The molecule has 4 heterocycles. The summed E-state index contributed by atoms with van der Waals surface area (Å²) < 4.78 is 52.9. The van der Waals surface area contributed by atoms with Crippen LogP contribution in [0.4, 0.5) is 11.5 Å². The summed E-state index contributed by atoms with van der Waals surface area (Å²) in [5.41, 5.74) is 2.60. The highest BCUT2D eigenvalue weighted by atomic mass is 32.2. The molecule has 2 aromatic rings. The molecule has 2 aliphatic rings. The largest absolute Gasteiger partial charge is 0.808 e. The molecule has 2 aliphatic heterocycles. The Morgan fingerprint density at radius 2 is 1.54 bits per heavy atom. The van der Waals surface area contributed by atoms with Gasteiger partial charge in [-0.3, -0.25) is 5.01 Å². The minimum atomic E-state index is -2.64. The molecule has 5 unspecified atom stereocenters. The minimum Gasteiger partial charge on any atom is -0.598 e. The Bertz CT molecular complexity index is 1260. The van der Waals surface area contributed by atoms with Crippen molar-refractivity contribution in [2.24, 2.45) is 11.8 Å². The second-order valence-electron chi connectivity index (χ2n) is 14.9. The van der Waals surface area contributed by atoms with Gasteiger partial charge in [-0.2, -0.15) is 4.98 Å². The van der Waals surface area contributed by atoms with Crippen molar-refractivity contribution in [3.05, 3.63) is 35.5 Å². The summed E-state index contributed by atoms with van der Waals surface area (Å²) in [6.07, 6.45) is 2.57. The Labute approximate surface area is 282 Å². The standard InChI is InChI=1S/C32H52N6O5PS2/c1-21(2)19-23-15-18-38(36-46(41)32(8,9)10)26-12-14-27(33-29(23)26)42-44(39)43-28-13-11-24-25(35-45(40)31(5,6)7)16-17-37(20-22(3)4)30(24)34-28/h11-14,21-23,25,35-36H,15-20H2,1-10H3/q+1. The van der Waals surface area contributed by atoms with Crippen LogP contribution in [0.3, 0.4) is 0 Å². The van der Waals surface area contributed by atoms with E-state index in [1.807, 2.05) is 58.7 Å². The first-order valence-corrected chi connectivity index (χ1v) is 19.6. The lowest BCUT2D eigenvalue weighted by molar-refractivity contribution is 0.397. The zero-order valence-electron chi connectivity index (χ0n) is 29.0. The van der Waals surface area contributed by atoms with Crippen molar-refractivity contribution in [2.45, 2.75) is 110 Å².